The maximum atomic E-state index is 11.5. The van der Waals surface area contributed by atoms with E-state index in [0.717, 1.165) is 38.4 Å². The molecular formula is C21H41IN6O. The molecule has 3 saturated heterocycles. The van der Waals surface area contributed by atoms with E-state index in [9.17, 15) is 4.79 Å². The van der Waals surface area contributed by atoms with Gasteiger partial charge in [-0.15, -0.1) is 24.0 Å². The van der Waals surface area contributed by atoms with E-state index >= 15 is 0 Å². The molecule has 0 atom stereocenters. The molecule has 3 aliphatic heterocycles. The Labute approximate surface area is 194 Å². The van der Waals surface area contributed by atoms with Gasteiger partial charge in [0.25, 0.3) is 0 Å². The minimum atomic E-state index is 0. The highest BCUT2D eigenvalue weighted by atomic mass is 127. The predicted molar refractivity (Wildman–Crippen MR) is 130 cm³/mol. The highest BCUT2D eigenvalue weighted by Gasteiger charge is 2.39. The van der Waals surface area contributed by atoms with Crippen LogP contribution in [0.1, 0.15) is 51.9 Å². The molecule has 29 heavy (non-hydrogen) atoms. The SMILES string of the molecule is CN=C(NCC1(N2CCCCC2)CCN(C)CC1)NC1CCN(C(C)=O)CC1.I. The molecular weight excluding hydrogens is 479 g/mol. The van der Waals surface area contributed by atoms with Crippen molar-refractivity contribution in [3.05, 3.63) is 0 Å². The lowest BCUT2D eigenvalue weighted by Gasteiger charge is -2.50. The van der Waals surface area contributed by atoms with Crippen molar-refractivity contribution in [3.63, 3.8) is 0 Å². The summed E-state index contributed by atoms with van der Waals surface area (Å²) in [7, 11) is 4.10. The normalized spacial score (nSPS) is 24.7. The van der Waals surface area contributed by atoms with Gasteiger partial charge in [0, 0.05) is 45.2 Å². The lowest BCUT2D eigenvalue weighted by molar-refractivity contribution is -0.129. The number of hydrogen-bond acceptors (Lipinski definition) is 4. The molecule has 8 heteroatoms. The summed E-state index contributed by atoms with van der Waals surface area (Å²) in [6.45, 7) is 9.13. The molecule has 0 bridgehead atoms. The third-order valence-corrected chi connectivity index (χ3v) is 7.03. The Morgan fingerprint density at radius 1 is 1.03 bits per heavy atom. The monoisotopic (exact) mass is 520 g/mol. The number of nitrogens with one attached hydrogen (secondary N) is 2. The van der Waals surface area contributed by atoms with Crippen molar-refractivity contribution in [2.45, 2.75) is 63.5 Å². The summed E-state index contributed by atoms with van der Waals surface area (Å²) in [5.41, 5.74) is 0.253. The number of rotatable bonds is 4. The van der Waals surface area contributed by atoms with Gasteiger partial charge in [-0.1, -0.05) is 6.42 Å². The first kappa shape index (κ1) is 24.7. The zero-order chi connectivity index (χ0) is 20.0. The Balaban J connectivity index is 0.00000300. The van der Waals surface area contributed by atoms with E-state index < -0.39 is 0 Å². The zero-order valence-corrected chi connectivity index (χ0v) is 20.9. The zero-order valence-electron chi connectivity index (χ0n) is 18.6. The Morgan fingerprint density at radius 3 is 2.21 bits per heavy atom. The number of carbonyl (C=O) groups is 1. The van der Waals surface area contributed by atoms with Crippen molar-refractivity contribution in [3.8, 4) is 0 Å². The number of aliphatic imine (C=N–C) groups is 1. The molecule has 1 amide bonds. The summed E-state index contributed by atoms with van der Waals surface area (Å²) in [5.74, 6) is 1.10. The van der Waals surface area contributed by atoms with Crippen molar-refractivity contribution >= 4 is 35.8 Å². The Morgan fingerprint density at radius 2 is 1.66 bits per heavy atom. The summed E-state index contributed by atoms with van der Waals surface area (Å²) in [5, 5.41) is 7.28. The molecule has 7 nitrogen and oxygen atoms in total. The number of guanidine groups is 1. The van der Waals surface area contributed by atoms with Gasteiger partial charge in [-0.25, -0.2) is 0 Å². The van der Waals surface area contributed by atoms with E-state index in [1.807, 2.05) is 11.9 Å². The fraction of sp³-hybridized carbons (Fsp3) is 0.905. The number of amides is 1. The van der Waals surface area contributed by atoms with Gasteiger partial charge in [-0.3, -0.25) is 14.7 Å². The topological polar surface area (TPSA) is 63.2 Å². The predicted octanol–water partition coefficient (Wildman–Crippen LogP) is 1.73. The van der Waals surface area contributed by atoms with Gasteiger partial charge < -0.3 is 20.4 Å². The molecule has 168 valence electrons. The van der Waals surface area contributed by atoms with Crippen LogP contribution >= 0.6 is 24.0 Å². The second-order valence-corrected chi connectivity index (χ2v) is 8.93. The standard InChI is InChI=1S/C21H40N6O.HI/c1-18(28)26-13-7-19(8-14-26)24-20(22-2)23-17-21(9-15-25(3)16-10-21)27-11-5-4-6-12-27;/h19H,4-17H2,1-3H3,(H2,22,23,24);1H. The number of hydrogen-bond donors (Lipinski definition) is 2. The minimum absolute atomic E-state index is 0. The molecule has 3 fully saturated rings. The minimum Gasteiger partial charge on any atom is -0.355 e. The second kappa shape index (κ2) is 11.7. The molecule has 3 aliphatic rings. The maximum Gasteiger partial charge on any atom is 0.219 e. The summed E-state index contributed by atoms with van der Waals surface area (Å²) < 4.78 is 0. The Kier molecular flexibility index (Phi) is 9.94. The smallest absolute Gasteiger partial charge is 0.219 e. The molecule has 3 rings (SSSR count). The molecule has 0 aromatic rings. The van der Waals surface area contributed by atoms with Crippen LogP contribution in [-0.4, -0.2) is 98.1 Å². The van der Waals surface area contributed by atoms with Crippen LogP contribution in [-0.2, 0) is 4.79 Å². The molecule has 0 aliphatic carbocycles. The number of nitrogens with zero attached hydrogens (tertiary/aromatic N) is 4. The Hall–Kier alpha value is -0.610. The first-order chi connectivity index (χ1) is 13.5. The number of likely N-dealkylation sites (tertiary alicyclic amines) is 3. The van der Waals surface area contributed by atoms with E-state index in [4.69, 9.17) is 0 Å². The van der Waals surface area contributed by atoms with Crippen LogP contribution < -0.4 is 10.6 Å². The van der Waals surface area contributed by atoms with Crippen molar-refractivity contribution < 1.29 is 4.79 Å². The van der Waals surface area contributed by atoms with Crippen molar-refractivity contribution in [1.29, 1.82) is 0 Å². The van der Waals surface area contributed by atoms with Crippen molar-refractivity contribution in [2.24, 2.45) is 4.99 Å². The molecule has 0 aromatic carbocycles. The van der Waals surface area contributed by atoms with Gasteiger partial charge in [-0.05, 0) is 71.8 Å². The molecule has 0 aromatic heterocycles. The largest absolute Gasteiger partial charge is 0.355 e. The van der Waals surface area contributed by atoms with Gasteiger partial charge in [0.1, 0.15) is 0 Å². The maximum absolute atomic E-state index is 11.5. The van der Waals surface area contributed by atoms with E-state index in [2.05, 4.69) is 32.5 Å². The first-order valence-corrected chi connectivity index (χ1v) is 11.2. The lowest BCUT2D eigenvalue weighted by atomic mass is 9.84. The van der Waals surface area contributed by atoms with Crippen LogP contribution in [0.3, 0.4) is 0 Å². The van der Waals surface area contributed by atoms with Gasteiger partial charge in [0.2, 0.25) is 5.91 Å². The van der Waals surface area contributed by atoms with E-state index in [1.54, 1.807) is 6.92 Å². The van der Waals surface area contributed by atoms with Gasteiger partial charge in [0.05, 0.1) is 0 Å². The van der Waals surface area contributed by atoms with Crippen LogP contribution in [0.4, 0.5) is 0 Å². The van der Waals surface area contributed by atoms with Crippen LogP contribution in [0.15, 0.2) is 4.99 Å². The molecule has 2 N–H and O–H groups in total. The summed E-state index contributed by atoms with van der Waals surface area (Å²) in [6.07, 6.45) is 8.47. The third-order valence-electron chi connectivity index (χ3n) is 7.03. The second-order valence-electron chi connectivity index (χ2n) is 8.93. The highest BCUT2D eigenvalue weighted by Crippen LogP contribution is 2.30. The molecule has 0 spiro atoms. The van der Waals surface area contributed by atoms with Crippen LogP contribution in [0, 0.1) is 0 Å². The molecule has 0 unspecified atom stereocenters. The summed E-state index contributed by atoms with van der Waals surface area (Å²) in [6, 6.07) is 0.394. The van der Waals surface area contributed by atoms with Crippen LogP contribution in [0.2, 0.25) is 0 Å². The molecule has 0 saturated carbocycles. The van der Waals surface area contributed by atoms with Gasteiger partial charge in [-0.2, -0.15) is 0 Å². The van der Waals surface area contributed by atoms with Crippen molar-refractivity contribution in [1.82, 2.24) is 25.3 Å². The lowest BCUT2D eigenvalue weighted by Crippen LogP contribution is -2.62. The van der Waals surface area contributed by atoms with E-state index in [-0.39, 0.29) is 35.4 Å². The summed E-state index contributed by atoms with van der Waals surface area (Å²) >= 11 is 0. The van der Waals surface area contributed by atoms with E-state index in [1.165, 1.54) is 58.3 Å². The fourth-order valence-electron chi connectivity index (χ4n) is 4.98. The van der Waals surface area contributed by atoms with Crippen LogP contribution in [0.5, 0.6) is 0 Å². The number of halogens is 1. The van der Waals surface area contributed by atoms with Gasteiger partial charge in [0.15, 0.2) is 5.96 Å². The van der Waals surface area contributed by atoms with Gasteiger partial charge >= 0.3 is 0 Å². The molecule has 3 heterocycles. The molecule has 0 radical (unpaired) electrons. The van der Waals surface area contributed by atoms with E-state index in [0.29, 0.717) is 6.04 Å². The first-order valence-electron chi connectivity index (χ1n) is 11.2. The quantitative estimate of drug-likeness (QED) is 0.336. The number of piperidine rings is 3. The Bertz CT molecular complexity index is 535. The van der Waals surface area contributed by atoms with Crippen LogP contribution in [0.25, 0.3) is 0 Å². The average Bonchev–Trinajstić information content (AvgIpc) is 2.73. The van der Waals surface area contributed by atoms with Crippen molar-refractivity contribution in [2.75, 3.05) is 59.9 Å². The summed E-state index contributed by atoms with van der Waals surface area (Å²) in [4.78, 5) is 23.2. The highest BCUT2D eigenvalue weighted by molar-refractivity contribution is 14.0. The average molecular weight is 521 g/mol. The third kappa shape index (κ3) is 6.69. The fourth-order valence-corrected chi connectivity index (χ4v) is 4.98. The number of carbonyl (C=O) groups excluding carboxylic acids is 1.